The molecular formula is C14H12ClF3N4O. The molecule has 1 fully saturated rings. The minimum atomic E-state index is -4.84. The van der Waals surface area contributed by atoms with Crippen LogP contribution in [0.25, 0.3) is 10.9 Å². The van der Waals surface area contributed by atoms with Crippen molar-refractivity contribution in [2.24, 2.45) is 0 Å². The number of carbonyl (C=O) groups is 1. The molecule has 0 N–H and O–H groups in total. The summed E-state index contributed by atoms with van der Waals surface area (Å²) in [6, 6.07) is 7.26. The Balaban J connectivity index is 1.82. The molecule has 122 valence electrons. The fraction of sp³-hybridized carbons (Fsp3) is 0.357. The van der Waals surface area contributed by atoms with E-state index in [2.05, 4.69) is 9.97 Å². The summed E-state index contributed by atoms with van der Waals surface area (Å²) in [4.78, 5) is 22.2. The molecule has 2 aromatic rings. The van der Waals surface area contributed by atoms with E-state index in [0.29, 0.717) is 11.3 Å². The predicted molar refractivity (Wildman–Crippen MR) is 79.4 cm³/mol. The van der Waals surface area contributed by atoms with Gasteiger partial charge in [-0.15, -0.1) is 0 Å². The number of piperazine rings is 1. The van der Waals surface area contributed by atoms with E-state index in [1.807, 2.05) is 23.1 Å². The van der Waals surface area contributed by atoms with E-state index < -0.39 is 12.1 Å². The number of benzene rings is 1. The first-order valence-corrected chi connectivity index (χ1v) is 7.27. The second-order valence-corrected chi connectivity index (χ2v) is 5.45. The number of para-hydroxylation sites is 1. The molecule has 1 aliphatic rings. The van der Waals surface area contributed by atoms with Crippen molar-refractivity contribution in [3.05, 3.63) is 29.5 Å². The maximum atomic E-state index is 12.5. The Kier molecular flexibility index (Phi) is 4.01. The number of halogens is 4. The van der Waals surface area contributed by atoms with Gasteiger partial charge < -0.3 is 9.80 Å². The van der Waals surface area contributed by atoms with Gasteiger partial charge in [0.05, 0.1) is 5.52 Å². The summed E-state index contributed by atoms with van der Waals surface area (Å²) >= 11 is 5.92. The number of carbonyl (C=O) groups excluding carboxylic acids is 1. The van der Waals surface area contributed by atoms with Crippen LogP contribution in [0.3, 0.4) is 0 Å². The Hall–Kier alpha value is -2.09. The third-order valence-electron chi connectivity index (χ3n) is 3.66. The van der Waals surface area contributed by atoms with Gasteiger partial charge in [0.25, 0.3) is 0 Å². The lowest BCUT2D eigenvalue weighted by molar-refractivity contribution is -0.185. The monoisotopic (exact) mass is 344 g/mol. The number of hydrogen-bond acceptors (Lipinski definition) is 4. The summed E-state index contributed by atoms with van der Waals surface area (Å²) in [7, 11) is 0. The summed E-state index contributed by atoms with van der Waals surface area (Å²) < 4.78 is 37.4. The van der Waals surface area contributed by atoms with Gasteiger partial charge in [0.1, 0.15) is 5.82 Å². The Morgan fingerprint density at radius 2 is 1.74 bits per heavy atom. The Morgan fingerprint density at radius 3 is 2.39 bits per heavy atom. The average Bonchev–Trinajstić information content (AvgIpc) is 2.52. The van der Waals surface area contributed by atoms with Crippen molar-refractivity contribution in [2.45, 2.75) is 6.18 Å². The molecule has 0 spiro atoms. The van der Waals surface area contributed by atoms with Crippen LogP contribution in [-0.2, 0) is 4.79 Å². The molecule has 0 unspecified atom stereocenters. The lowest BCUT2D eigenvalue weighted by Gasteiger charge is -2.36. The third kappa shape index (κ3) is 3.17. The SMILES string of the molecule is O=C(N1CCN(c2nc(Cl)nc3ccccc23)CC1)C(F)(F)F. The Morgan fingerprint density at radius 1 is 1.09 bits per heavy atom. The molecule has 0 saturated carbocycles. The van der Waals surface area contributed by atoms with Crippen LogP contribution in [0, 0.1) is 0 Å². The van der Waals surface area contributed by atoms with E-state index in [1.54, 1.807) is 6.07 Å². The highest BCUT2D eigenvalue weighted by Crippen LogP contribution is 2.27. The smallest absolute Gasteiger partial charge is 0.352 e. The van der Waals surface area contributed by atoms with Crippen LogP contribution in [-0.4, -0.2) is 53.1 Å². The van der Waals surface area contributed by atoms with E-state index in [4.69, 9.17) is 11.6 Å². The average molecular weight is 345 g/mol. The number of rotatable bonds is 1. The first kappa shape index (κ1) is 15.8. The highest BCUT2D eigenvalue weighted by atomic mass is 35.5. The van der Waals surface area contributed by atoms with Crippen molar-refractivity contribution in [1.29, 1.82) is 0 Å². The molecule has 0 bridgehead atoms. The molecular weight excluding hydrogens is 333 g/mol. The molecule has 1 aromatic carbocycles. The molecule has 23 heavy (non-hydrogen) atoms. The molecule has 1 saturated heterocycles. The molecule has 5 nitrogen and oxygen atoms in total. The minimum Gasteiger partial charge on any atom is -0.352 e. The zero-order valence-electron chi connectivity index (χ0n) is 11.8. The fourth-order valence-corrected chi connectivity index (χ4v) is 2.75. The van der Waals surface area contributed by atoms with Gasteiger partial charge in [-0.1, -0.05) is 12.1 Å². The van der Waals surface area contributed by atoms with Crippen molar-refractivity contribution in [1.82, 2.24) is 14.9 Å². The molecule has 1 amide bonds. The van der Waals surface area contributed by atoms with Crippen LogP contribution in [0.2, 0.25) is 5.28 Å². The van der Waals surface area contributed by atoms with Gasteiger partial charge in [-0.25, -0.2) is 4.98 Å². The summed E-state index contributed by atoms with van der Waals surface area (Å²) in [5.41, 5.74) is 0.663. The van der Waals surface area contributed by atoms with Crippen LogP contribution >= 0.6 is 11.6 Å². The first-order valence-electron chi connectivity index (χ1n) is 6.89. The molecule has 0 atom stereocenters. The predicted octanol–water partition coefficient (Wildman–Crippen LogP) is 2.49. The summed E-state index contributed by atoms with van der Waals surface area (Å²) in [6.07, 6.45) is -4.84. The van der Waals surface area contributed by atoms with Gasteiger partial charge >= 0.3 is 12.1 Å². The van der Waals surface area contributed by atoms with Gasteiger partial charge in [-0.05, 0) is 23.7 Å². The molecule has 2 heterocycles. The second-order valence-electron chi connectivity index (χ2n) is 5.11. The maximum absolute atomic E-state index is 12.5. The van der Waals surface area contributed by atoms with E-state index in [-0.39, 0.29) is 31.5 Å². The van der Waals surface area contributed by atoms with E-state index in [9.17, 15) is 18.0 Å². The van der Waals surface area contributed by atoms with Crippen LogP contribution in [0.5, 0.6) is 0 Å². The van der Waals surface area contributed by atoms with Gasteiger partial charge in [0.15, 0.2) is 0 Å². The Bertz CT molecular complexity index is 744. The van der Waals surface area contributed by atoms with E-state index in [0.717, 1.165) is 10.3 Å². The topological polar surface area (TPSA) is 49.3 Å². The Labute approximate surface area is 134 Å². The van der Waals surface area contributed by atoms with Crippen molar-refractivity contribution in [3.8, 4) is 0 Å². The third-order valence-corrected chi connectivity index (χ3v) is 3.83. The zero-order valence-corrected chi connectivity index (χ0v) is 12.6. The normalized spacial score (nSPS) is 16.0. The lowest BCUT2D eigenvalue weighted by atomic mass is 10.2. The van der Waals surface area contributed by atoms with Crippen LogP contribution in [0.4, 0.5) is 19.0 Å². The summed E-state index contributed by atoms with van der Waals surface area (Å²) in [5, 5.41) is 0.847. The van der Waals surface area contributed by atoms with Crippen LogP contribution in [0.1, 0.15) is 0 Å². The minimum absolute atomic E-state index is 0.0196. The highest BCUT2D eigenvalue weighted by molar-refractivity contribution is 6.28. The fourth-order valence-electron chi connectivity index (χ4n) is 2.57. The number of aromatic nitrogens is 2. The summed E-state index contributed by atoms with van der Waals surface area (Å²) in [6.45, 7) is 0.459. The number of nitrogens with zero attached hydrogens (tertiary/aromatic N) is 4. The van der Waals surface area contributed by atoms with Gasteiger partial charge in [-0.3, -0.25) is 4.79 Å². The summed E-state index contributed by atoms with van der Waals surface area (Å²) in [5.74, 6) is -1.23. The number of hydrogen-bond donors (Lipinski definition) is 0. The number of amides is 1. The molecule has 1 aromatic heterocycles. The standard InChI is InChI=1S/C14H12ClF3N4O/c15-13-19-10-4-2-1-3-9(10)11(20-13)21-5-7-22(8-6-21)12(23)14(16,17)18/h1-4H,5-8H2. The largest absolute Gasteiger partial charge is 0.471 e. The van der Waals surface area contributed by atoms with E-state index in [1.165, 1.54) is 0 Å². The molecule has 3 rings (SSSR count). The number of anilines is 1. The van der Waals surface area contributed by atoms with E-state index >= 15 is 0 Å². The number of alkyl halides is 3. The molecule has 1 aliphatic heterocycles. The molecule has 0 aliphatic carbocycles. The first-order chi connectivity index (χ1) is 10.9. The zero-order chi connectivity index (χ0) is 16.6. The number of fused-ring (bicyclic) bond motifs is 1. The van der Waals surface area contributed by atoms with Crippen molar-refractivity contribution >= 4 is 34.2 Å². The molecule has 0 radical (unpaired) electrons. The lowest BCUT2D eigenvalue weighted by Crippen LogP contribution is -2.52. The maximum Gasteiger partial charge on any atom is 0.471 e. The molecule has 9 heteroatoms. The van der Waals surface area contributed by atoms with Gasteiger partial charge in [0, 0.05) is 31.6 Å². The van der Waals surface area contributed by atoms with Crippen molar-refractivity contribution in [3.63, 3.8) is 0 Å². The van der Waals surface area contributed by atoms with Crippen molar-refractivity contribution < 1.29 is 18.0 Å². The second kappa shape index (κ2) is 5.84. The van der Waals surface area contributed by atoms with Gasteiger partial charge in [-0.2, -0.15) is 18.2 Å². The highest BCUT2D eigenvalue weighted by Gasteiger charge is 2.43. The van der Waals surface area contributed by atoms with Crippen LogP contribution in [0.15, 0.2) is 24.3 Å². The van der Waals surface area contributed by atoms with Gasteiger partial charge in [0.2, 0.25) is 5.28 Å². The van der Waals surface area contributed by atoms with Crippen molar-refractivity contribution in [2.75, 3.05) is 31.1 Å². The van der Waals surface area contributed by atoms with Crippen LogP contribution < -0.4 is 4.90 Å². The quantitative estimate of drug-likeness (QED) is 0.746.